The third kappa shape index (κ3) is 23.5. The van der Waals surface area contributed by atoms with Crippen molar-refractivity contribution in [3.05, 3.63) is 309 Å². The van der Waals surface area contributed by atoms with Crippen LogP contribution in [0, 0.1) is 70.2 Å². The van der Waals surface area contributed by atoms with E-state index in [1.807, 2.05) is 170 Å². The van der Waals surface area contributed by atoms with Crippen molar-refractivity contribution in [2.24, 2.45) is 0 Å². The Balaban J connectivity index is 0.000000538. The second kappa shape index (κ2) is 35.7. The molecule has 2 N–H and O–H groups in total. The van der Waals surface area contributed by atoms with Crippen molar-refractivity contribution in [3.63, 3.8) is 0 Å². The molecule has 0 spiro atoms. The summed E-state index contributed by atoms with van der Waals surface area (Å²) in [5.74, 6) is 0. The van der Waals surface area contributed by atoms with E-state index in [2.05, 4.69) is 107 Å². The van der Waals surface area contributed by atoms with Gasteiger partial charge in [0, 0.05) is 9.79 Å². The molecule has 0 heterocycles. The van der Waals surface area contributed by atoms with Crippen molar-refractivity contribution in [1.82, 2.24) is 0 Å². The average molecular weight is 1270 g/mol. The summed E-state index contributed by atoms with van der Waals surface area (Å²) in [6.07, 6.45) is 0. The Labute approximate surface area is 485 Å². The van der Waals surface area contributed by atoms with Crippen molar-refractivity contribution in [1.29, 1.82) is 0 Å². The Morgan fingerprint density at radius 2 is 0.526 bits per heavy atom. The third-order valence-electron chi connectivity index (χ3n) is 11.1. The fourth-order valence-corrected chi connectivity index (χ4v) is 10.1. The van der Waals surface area contributed by atoms with E-state index in [-0.39, 0.29) is 24.6 Å². The van der Waals surface area contributed by atoms with Crippen molar-refractivity contribution in [2.45, 2.75) is 89.3 Å². The first-order valence-electron chi connectivity index (χ1n) is 23.4. The van der Waals surface area contributed by atoms with E-state index in [0.717, 1.165) is 22.3 Å². The number of hydrogen-bond donors (Lipinski definition) is 0. The Morgan fingerprint density at radius 3 is 0.737 bits per heavy atom. The molecule has 76 heavy (non-hydrogen) atoms. The molecule has 0 aliphatic heterocycles. The van der Waals surface area contributed by atoms with E-state index in [0.29, 0.717) is 11.1 Å². The number of nitrogens with one attached hydrogen (secondary N) is 2. The minimum absolute atomic E-state index is 0. The number of rotatable bonds is 12. The van der Waals surface area contributed by atoms with Gasteiger partial charge in [-0.1, -0.05) is 249 Å². The fourth-order valence-electron chi connectivity index (χ4n) is 7.86. The van der Waals surface area contributed by atoms with Crippen LogP contribution in [0.5, 0.6) is 0 Å². The van der Waals surface area contributed by atoms with Crippen LogP contribution in [-0.2, 0) is 54.7 Å². The van der Waals surface area contributed by atoms with Crippen molar-refractivity contribution < 1.29 is 51.5 Å². The summed E-state index contributed by atoms with van der Waals surface area (Å²) in [7, 11) is 1.39. The van der Waals surface area contributed by atoms with Gasteiger partial charge in [0.05, 0.1) is 0 Å². The Morgan fingerprint density at radius 1 is 0.329 bits per heavy atom. The van der Waals surface area contributed by atoms with Gasteiger partial charge in [0.1, 0.15) is 20.0 Å². The van der Waals surface area contributed by atoms with E-state index >= 15 is 0 Å². The monoisotopic (exact) mass is 1270 g/mol. The number of benzene rings is 8. The van der Waals surface area contributed by atoms with Gasteiger partial charge in [-0.25, -0.2) is 16.8 Å². The summed E-state index contributed by atoms with van der Waals surface area (Å²) in [4.78, 5) is 0.286. The van der Waals surface area contributed by atoms with E-state index in [1.165, 1.54) is 33.4 Å². The predicted molar refractivity (Wildman–Crippen MR) is 315 cm³/mol. The molecule has 0 aromatic heterocycles. The van der Waals surface area contributed by atoms with E-state index < -0.39 is 44.2 Å². The van der Waals surface area contributed by atoms with Crippen LogP contribution in [0.2, 0.25) is 0 Å². The summed E-state index contributed by atoms with van der Waals surface area (Å²) < 4.78 is 59.5. The number of sulfonamides is 2. The first-order chi connectivity index (χ1) is 35.3. The van der Waals surface area contributed by atoms with E-state index in [9.17, 15) is 16.8 Å². The van der Waals surface area contributed by atoms with Crippen LogP contribution in [0.3, 0.4) is 0 Å². The molecule has 8 rings (SSSR count). The van der Waals surface area contributed by atoms with Crippen LogP contribution in [0.15, 0.2) is 216 Å². The Hall–Kier alpha value is -4.67. The molecule has 0 saturated carbocycles. The topological polar surface area (TPSA) is 144 Å². The molecule has 14 heteroatoms. The van der Waals surface area contributed by atoms with Crippen molar-refractivity contribution >= 4 is 39.4 Å². The number of halogens is 2. The van der Waals surface area contributed by atoms with Gasteiger partial charge in [-0.3, -0.25) is 0 Å². The average Bonchev–Trinajstić information content (AvgIpc) is 3.39. The molecule has 0 amide bonds. The fraction of sp³-hybridized carbons (Fsp3) is 0.194. The molecule has 0 aliphatic carbocycles. The summed E-state index contributed by atoms with van der Waals surface area (Å²) >= 11 is 3.64. The first kappa shape index (κ1) is 69.3. The molecule has 0 aliphatic rings. The van der Waals surface area contributed by atoms with E-state index in [1.54, 1.807) is 48.5 Å². The standard InChI is InChI=1S/2C21H20N2O2S.2C9H12.2CH3.2ClH.2Ru/c2*1-16-12-14-19(15-13-16)26(24,25)23-21(18-10-6-3-7-11-18)20(22)17-8-4-2-5-9-17;2*1-7-4-8(2)6-9(3)5-7;;;;;;/h2*2-15,20-22H,1H3;2*4-6H,1-3H3;2*1H3;2*1H;;/q2*-2;;;2*-1;;;2*+4/p-2. The zero-order valence-electron chi connectivity index (χ0n) is 44.7. The van der Waals surface area contributed by atoms with Crippen LogP contribution in [-0.4, -0.2) is 16.8 Å². The molecular formula is C62H70Cl2N4O4Ru2S2. The summed E-state index contributed by atoms with van der Waals surface area (Å²) in [5.41, 5.74) is 30.2. The third-order valence-corrected chi connectivity index (χ3v) is 13.9. The summed E-state index contributed by atoms with van der Waals surface area (Å²) in [6, 6.07) is 59.7. The first-order valence-corrected chi connectivity index (χ1v) is 30.7. The van der Waals surface area contributed by atoms with Crippen LogP contribution >= 0.6 is 19.4 Å². The molecule has 0 saturated heterocycles. The van der Waals surface area contributed by atoms with Crippen LogP contribution in [0.1, 0.15) is 90.9 Å². The van der Waals surface area contributed by atoms with Crippen molar-refractivity contribution in [2.75, 3.05) is 0 Å². The normalized spacial score (nSPS) is 11.9. The molecule has 8 aromatic rings. The maximum absolute atomic E-state index is 12.8. The molecule has 4 unspecified atom stereocenters. The van der Waals surface area contributed by atoms with Gasteiger partial charge in [0.15, 0.2) is 0 Å². The molecule has 0 radical (unpaired) electrons. The maximum atomic E-state index is 12.8. The zero-order valence-corrected chi connectivity index (χ0v) is 51.4. The minimum atomic E-state index is -3.87. The molecule has 8 nitrogen and oxygen atoms in total. The van der Waals surface area contributed by atoms with Crippen LogP contribution in [0.4, 0.5) is 0 Å². The predicted octanol–water partition coefficient (Wildman–Crippen LogP) is 18.7. The van der Waals surface area contributed by atoms with Gasteiger partial charge in [0.25, 0.3) is 0 Å². The van der Waals surface area contributed by atoms with E-state index in [4.69, 9.17) is 11.5 Å². The molecular weight excluding hydrogens is 1200 g/mol. The Bertz CT molecular complexity index is 2780. The molecule has 4 atom stereocenters. The van der Waals surface area contributed by atoms with Gasteiger partial charge < -0.3 is 35.8 Å². The molecule has 404 valence electrons. The second-order valence-corrected chi connectivity index (χ2v) is 20.9. The van der Waals surface area contributed by atoms with Gasteiger partial charge in [-0.15, -0.1) is 24.2 Å². The van der Waals surface area contributed by atoms with Crippen LogP contribution < -0.4 is 0 Å². The van der Waals surface area contributed by atoms with Gasteiger partial charge >= 0.3 is 54.0 Å². The quantitative estimate of drug-likeness (QED) is 0.0886. The van der Waals surface area contributed by atoms with Gasteiger partial charge in [-0.05, 0) is 79.7 Å². The van der Waals surface area contributed by atoms with Crippen LogP contribution in [0.25, 0.3) is 20.9 Å². The SMILES string of the molecule is Cc1cc(C)cc(C)c1.Cc1cc(C)cc(C)c1.Cc1ccc(S(=O)(=O)[N-]C(c2ccccc2)C([NH-])c2ccccc2)cc1.Cc1ccc(S(=O)(=O)[N-]C(c2ccccc2)C([NH-])c2ccccc2)cc1.[CH3-].[CH3-].[Cl][Ru+3].[Cl][Ru+3]. The molecule has 8 aromatic carbocycles. The van der Waals surface area contributed by atoms with Gasteiger partial charge in [-0.2, -0.15) is 0 Å². The number of aryl methyl sites for hydroxylation is 8. The molecule has 0 fully saturated rings. The van der Waals surface area contributed by atoms with Gasteiger partial charge in [0.2, 0.25) is 0 Å². The zero-order chi connectivity index (χ0) is 54.8. The Kier molecular flexibility index (Phi) is 32.6. The summed E-state index contributed by atoms with van der Waals surface area (Å²) in [6.45, 7) is 16.5. The number of nitrogens with zero attached hydrogens (tertiary/aromatic N) is 2. The molecule has 0 bridgehead atoms. The summed E-state index contributed by atoms with van der Waals surface area (Å²) in [5, 5.41) is 0. The second-order valence-electron chi connectivity index (χ2n) is 17.6. The number of hydrogen-bond acceptors (Lipinski definition) is 4. The van der Waals surface area contributed by atoms with Crippen molar-refractivity contribution in [3.8, 4) is 0 Å².